The summed E-state index contributed by atoms with van der Waals surface area (Å²) in [7, 11) is 0. The summed E-state index contributed by atoms with van der Waals surface area (Å²) >= 11 is -2.17. The van der Waals surface area contributed by atoms with Gasteiger partial charge >= 0.3 is 5.97 Å². The molecule has 3 atom stereocenters. The fraction of sp³-hybridized carbons (Fsp3) is 0.355. The molecule has 4 rings (SSSR count). The Morgan fingerprint density at radius 1 is 1.10 bits per heavy atom. The molecule has 9 nitrogen and oxygen atoms in total. The third-order valence-corrected chi connectivity index (χ3v) is 7.54. The number of carbonyl (C=O) groups is 2. The zero-order chi connectivity index (χ0) is 29.4. The van der Waals surface area contributed by atoms with Crippen LogP contribution in [0, 0.1) is 6.92 Å². The maximum Gasteiger partial charge on any atom is 0.326 e. The van der Waals surface area contributed by atoms with E-state index < -0.39 is 29.0 Å². The van der Waals surface area contributed by atoms with Gasteiger partial charge in [-0.05, 0) is 77.9 Å². The van der Waals surface area contributed by atoms with Crippen LogP contribution < -0.4 is 10.1 Å². The molecule has 0 aliphatic carbocycles. The fourth-order valence-corrected chi connectivity index (χ4v) is 5.20. The number of carbonyl (C=O) groups excluding carboxylic acids is 1. The number of carboxylic acid groups (broad SMARTS) is 1. The van der Waals surface area contributed by atoms with Gasteiger partial charge in [0.25, 0.3) is 5.91 Å². The molecule has 0 saturated carbocycles. The predicted molar refractivity (Wildman–Crippen MR) is 155 cm³/mol. The summed E-state index contributed by atoms with van der Waals surface area (Å²) in [5.41, 5.74) is 5.68. The number of ether oxygens (including phenoxy) is 3. The number of amides is 1. The topological polar surface area (TPSA) is 131 Å². The molecule has 1 aliphatic heterocycles. The van der Waals surface area contributed by atoms with Crippen molar-refractivity contribution in [1.82, 2.24) is 5.32 Å². The first-order chi connectivity index (χ1) is 19.8. The lowest BCUT2D eigenvalue weighted by Crippen LogP contribution is -2.41. The van der Waals surface area contributed by atoms with E-state index >= 15 is 0 Å². The van der Waals surface area contributed by atoms with Crippen molar-refractivity contribution in [3.05, 3.63) is 88.5 Å². The highest BCUT2D eigenvalue weighted by molar-refractivity contribution is 7.79. The Morgan fingerprint density at radius 3 is 2.63 bits per heavy atom. The van der Waals surface area contributed by atoms with Gasteiger partial charge in [-0.25, -0.2) is 9.00 Å². The number of nitrogens with one attached hydrogen (secondary N) is 1. The number of rotatable bonds is 14. The minimum atomic E-state index is -2.17. The molecule has 1 heterocycles. The first kappa shape index (κ1) is 30.4. The summed E-state index contributed by atoms with van der Waals surface area (Å²) < 4.78 is 37.9. The van der Waals surface area contributed by atoms with E-state index in [4.69, 9.17) is 18.8 Å². The molecular formula is C31H35NO8S. The molecule has 3 aromatic carbocycles. The second-order valence-electron chi connectivity index (χ2n) is 9.80. The van der Waals surface area contributed by atoms with Crippen molar-refractivity contribution in [2.75, 3.05) is 25.6 Å². The Labute approximate surface area is 242 Å². The third-order valence-electron chi connectivity index (χ3n) is 6.96. The smallest absolute Gasteiger partial charge is 0.326 e. The normalized spacial score (nSPS) is 14.5. The number of hydrogen-bond acceptors (Lipinski definition) is 6. The summed E-state index contributed by atoms with van der Waals surface area (Å²) in [6.45, 7) is 5.74. The number of carboxylic acids is 1. The molecule has 218 valence electrons. The highest BCUT2D eigenvalue weighted by Crippen LogP contribution is 2.32. The maximum atomic E-state index is 13.3. The van der Waals surface area contributed by atoms with Crippen LogP contribution in [0.3, 0.4) is 0 Å². The van der Waals surface area contributed by atoms with Crippen LogP contribution in [0.2, 0.25) is 0 Å². The number of aryl methyl sites for hydroxylation is 1. The van der Waals surface area contributed by atoms with Gasteiger partial charge in [-0.2, -0.15) is 0 Å². The van der Waals surface area contributed by atoms with Crippen LogP contribution in [0.1, 0.15) is 52.1 Å². The molecule has 0 saturated heterocycles. The summed E-state index contributed by atoms with van der Waals surface area (Å²) in [6, 6.07) is 17.7. The van der Waals surface area contributed by atoms with Gasteiger partial charge in [0.1, 0.15) is 17.9 Å². The lowest BCUT2D eigenvalue weighted by Gasteiger charge is -2.20. The molecule has 3 aromatic rings. The number of benzene rings is 3. The Morgan fingerprint density at radius 2 is 1.90 bits per heavy atom. The highest BCUT2D eigenvalue weighted by atomic mass is 32.2. The Balaban J connectivity index is 1.60. The predicted octanol–water partition coefficient (Wildman–Crippen LogP) is 4.69. The summed E-state index contributed by atoms with van der Waals surface area (Å²) in [5.74, 6) is -1.22. The van der Waals surface area contributed by atoms with E-state index in [9.17, 15) is 18.9 Å². The zero-order valence-electron chi connectivity index (χ0n) is 23.1. The Bertz CT molecular complexity index is 1410. The third kappa shape index (κ3) is 8.01. The molecule has 1 amide bonds. The zero-order valence-corrected chi connectivity index (χ0v) is 23.9. The van der Waals surface area contributed by atoms with Crippen molar-refractivity contribution < 1.29 is 37.7 Å². The second-order valence-corrected chi connectivity index (χ2v) is 10.8. The van der Waals surface area contributed by atoms with Crippen LogP contribution in [0.25, 0.3) is 11.1 Å². The van der Waals surface area contributed by atoms with E-state index in [1.807, 2.05) is 56.3 Å². The van der Waals surface area contributed by atoms with Crippen LogP contribution in [0.15, 0.2) is 60.7 Å². The molecule has 0 spiro atoms. The largest absolute Gasteiger partial charge is 0.493 e. The van der Waals surface area contributed by atoms with Gasteiger partial charge in [-0.1, -0.05) is 36.4 Å². The SMILES string of the molecule is CCOCC(OCc1ccc(C(=O)NC(CCS(=O)O)C(=O)O)c(-c2ccccc2C)c1)c1ccc2c(c1)CCO2. The van der Waals surface area contributed by atoms with Crippen LogP contribution in [-0.4, -0.2) is 57.4 Å². The molecule has 3 N–H and O–H groups in total. The molecule has 3 unspecified atom stereocenters. The average Bonchev–Trinajstić information content (AvgIpc) is 3.43. The van der Waals surface area contributed by atoms with Gasteiger partial charge in [0.05, 0.1) is 25.6 Å². The number of aliphatic carboxylic acids is 1. The lowest BCUT2D eigenvalue weighted by atomic mass is 9.93. The maximum absolute atomic E-state index is 13.3. The first-order valence-electron chi connectivity index (χ1n) is 13.5. The van der Waals surface area contributed by atoms with Crippen molar-refractivity contribution in [3.8, 4) is 16.9 Å². The summed E-state index contributed by atoms with van der Waals surface area (Å²) in [6.07, 6.45) is 0.374. The van der Waals surface area contributed by atoms with Gasteiger partial charge in [0, 0.05) is 18.6 Å². The minimum Gasteiger partial charge on any atom is -0.493 e. The highest BCUT2D eigenvalue weighted by Gasteiger charge is 2.24. The molecule has 0 aromatic heterocycles. The number of hydrogen-bond donors (Lipinski definition) is 3. The minimum absolute atomic E-state index is 0.175. The van der Waals surface area contributed by atoms with Crippen molar-refractivity contribution in [2.45, 2.75) is 45.4 Å². The van der Waals surface area contributed by atoms with E-state index in [-0.39, 0.29) is 24.9 Å². The molecule has 1 aliphatic rings. The van der Waals surface area contributed by atoms with Crippen LogP contribution in [-0.2, 0) is 38.4 Å². The van der Waals surface area contributed by atoms with Crippen LogP contribution in [0.4, 0.5) is 0 Å². The number of fused-ring (bicyclic) bond motifs is 1. The van der Waals surface area contributed by atoms with Gasteiger partial charge in [-0.3, -0.25) is 4.79 Å². The van der Waals surface area contributed by atoms with Gasteiger partial charge in [-0.15, -0.1) is 0 Å². The molecule has 41 heavy (non-hydrogen) atoms. The summed E-state index contributed by atoms with van der Waals surface area (Å²) in [4.78, 5) is 25.0. The van der Waals surface area contributed by atoms with Crippen molar-refractivity contribution in [2.24, 2.45) is 0 Å². The molecule has 0 bridgehead atoms. The van der Waals surface area contributed by atoms with Crippen molar-refractivity contribution in [1.29, 1.82) is 0 Å². The van der Waals surface area contributed by atoms with Crippen molar-refractivity contribution >= 4 is 23.0 Å². The van der Waals surface area contributed by atoms with E-state index in [2.05, 4.69) is 11.4 Å². The average molecular weight is 582 g/mol. The van der Waals surface area contributed by atoms with Gasteiger partial charge in [0.15, 0.2) is 11.1 Å². The Hall–Kier alpha value is -3.57. The monoisotopic (exact) mass is 581 g/mol. The summed E-state index contributed by atoms with van der Waals surface area (Å²) in [5, 5.41) is 12.1. The van der Waals surface area contributed by atoms with E-state index in [0.29, 0.717) is 30.9 Å². The lowest BCUT2D eigenvalue weighted by molar-refractivity contribution is -0.139. The standard InChI is InChI=1S/C31H35NO8S/c1-3-38-19-29(22-9-11-28-23(17-22)12-14-39-28)40-18-21-8-10-25(26(16-21)24-7-5-4-6-20(24)2)30(33)32-27(31(34)35)13-15-41(36)37/h4-11,16-17,27,29H,3,12-15,18-19H2,1-2H3,(H,32,33)(H,34,35)(H,36,37). The van der Waals surface area contributed by atoms with Crippen LogP contribution in [0.5, 0.6) is 5.75 Å². The molecular weight excluding hydrogens is 546 g/mol. The Kier molecular flexibility index (Phi) is 10.6. The first-order valence-corrected chi connectivity index (χ1v) is 14.8. The second kappa shape index (κ2) is 14.4. The van der Waals surface area contributed by atoms with Gasteiger partial charge in [0.2, 0.25) is 0 Å². The van der Waals surface area contributed by atoms with E-state index in [0.717, 1.165) is 40.0 Å². The van der Waals surface area contributed by atoms with Crippen LogP contribution >= 0.6 is 0 Å². The molecule has 10 heteroatoms. The quantitative estimate of drug-likeness (QED) is 0.234. The fourth-order valence-electron chi connectivity index (χ4n) is 4.76. The van der Waals surface area contributed by atoms with E-state index in [1.165, 1.54) is 0 Å². The van der Waals surface area contributed by atoms with E-state index in [1.54, 1.807) is 12.1 Å². The molecule has 0 fully saturated rings. The molecule has 0 radical (unpaired) electrons. The van der Waals surface area contributed by atoms with Crippen molar-refractivity contribution in [3.63, 3.8) is 0 Å². The van der Waals surface area contributed by atoms with Gasteiger partial charge < -0.3 is 29.2 Å².